The maximum Gasteiger partial charge on any atom is 0.121 e. The summed E-state index contributed by atoms with van der Waals surface area (Å²) in [4.78, 5) is 0. The lowest BCUT2D eigenvalue weighted by Gasteiger charge is -2.22. The van der Waals surface area contributed by atoms with E-state index >= 15 is 0 Å². The summed E-state index contributed by atoms with van der Waals surface area (Å²) < 4.78 is 14.3. The second-order valence-corrected chi connectivity index (χ2v) is 5.25. The fourth-order valence-electron chi connectivity index (χ4n) is 2.17. The molecule has 0 aromatic heterocycles. The third kappa shape index (κ3) is 3.29. The van der Waals surface area contributed by atoms with E-state index in [1.165, 1.54) is 0 Å². The van der Waals surface area contributed by atoms with Crippen molar-refractivity contribution in [3.63, 3.8) is 0 Å². The molecule has 2 rings (SSSR count). The minimum absolute atomic E-state index is 0.187. The molecular weight excluding hydrogens is 297 g/mol. The molecule has 1 aliphatic heterocycles. The van der Waals surface area contributed by atoms with Crippen LogP contribution in [0, 0.1) is 5.41 Å². The van der Waals surface area contributed by atoms with Gasteiger partial charge in [-0.15, -0.1) is 0 Å². The summed E-state index contributed by atoms with van der Waals surface area (Å²) in [6.07, 6.45) is 0.439. The number of benzene rings is 1. The van der Waals surface area contributed by atoms with Crippen molar-refractivity contribution in [1.82, 2.24) is 5.32 Å². The molecule has 0 spiro atoms. The summed E-state index contributed by atoms with van der Waals surface area (Å²) in [6.45, 7) is 1.56. The minimum atomic E-state index is -0.849. The lowest BCUT2D eigenvalue weighted by atomic mass is 10.1. The van der Waals surface area contributed by atoms with Gasteiger partial charge in [-0.2, -0.15) is 0 Å². The Labute approximate surface area is 115 Å². The quantitative estimate of drug-likeness (QED) is 0.751. The fraction of sp³-hybridized carbons (Fsp3) is 0.462. The first-order valence-corrected chi connectivity index (χ1v) is 6.92. The van der Waals surface area contributed by atoms with Crippen molar-refractivity contribution in [2.75, 3.05) is 18.4 Å². The van der Waals surface area contributed by atoms with Crippen LogP contribution in [0.15, 0.2) is 24.3 Å². The second-order valence-electron chi connectivity index (χ2n) is 4.45. The molecule has 0 radical (unpaired) electrons. The van der Waals surface area contributed by atoms with Gasteiger partial charge in [-0.05, 0) is 47.9 Å². The zero-order valence-corrected chi connectivity index (χ0v) is 11.6. The summed E-state index contributed by atoms with van der Waals surface area (Å²) in [5.74, 6) is 0. The third-order valence-electron chi connectivity index (χ3n) is 3.17. The summed E-state index contributed by atoms with van der Waals surface area (Å²) in [6, 6.07) is 7.31. The van der Waals surface area contributed by atoms with Gasteiger partial charge in [0.2, 0.25) is 0 Å². The molecule has 0 bridgehead atoms. The molecule has 98 valence electrons. The van der Waals surface area contributed by atoms with Gasteiger partial charge >= 0.3 is 0 Å². The SMILES string of the molecule is N=C(Br)c1ccccc1NC1CCNCCC1F. The molecular formula is C13H17BrFN3. The molecule has 2 unspecified atom stereocenters. The standard InChI is InChI=1S/C13H17BrFN3/c14-13(16)9-3-1-2-4-11(9)18-12-6-8-17-7-5-10(12)15/h1-4,10,12,16-18H,5-8H2. The smallest absolute Gasteiger partial charge is 0.121 e. The summed E-state index contributed by atoms with van der Waals surface area (Å²) in [7, 11) is 0. The van der Waals surface area contributed by atoms with Crippen LogP contribution in [0.3, 0.4) is 0 Å². The minimum Gasteiger partial charge on any atom is -0.379 e. The number of anilines is 1. The first-order chi connectivity index (χ1) is 8.68. The van der Waals surface area contributed by atoms with E-state index in [-0.39, 0.29) is 6.04 Å². The molecule has 3 nitrogen and oxygen atoms in total. The van der Waals surface area contributed by atoms with Crippen LogP contribution in [-0.4, -0.2) is 29.9 Å². The van der Waals surface area contributed by atoms with Crippen LogP contribution in [0.4, 0.5) is 10.1 Å². The van der Waals surface area contributed by atoms with Crippen molar-refractivity contribution in [2.45, 2.75) is 25.1 Å². The Morgan fingerprint density at radius 2 is 2.06 bits per heavy atom. The summed E-state index contributed by atoms with van der Waals surface area (Å²) >= 11 is 3.17. The van der Waals surface area contributed by atoms with E-state index < -0.39 is 6.17 Å². The topological polar surface area (TPSA) is 47.9 Å². The van der Waals surface area contributed by atoms with Gasteiger partial charge in [-0.25, -0.2) is 4.39 Å². The first kappa shape index (κ1) is 13.5. The molecule has 2 atom stereocenters. The lowest BCUT2D eigenvalue weighted by Crippen LogP contribution is -2.31. The van der Waals surface area contributed by atoms with E-state index in [0.717, 1.165) is 30.8 Å². The molecule has 1 aliphatic rings. The number of nitrogens with one attached hydrogen (secondary N) is 3. The van der Waals surface area contributed by atoms with E-state index in [9.17, 15) is 4.39 Å². The van der Waals surface area contributed by atoms with Gasteiger partial charge < -0.3 is 10.6 Å². The highest BCUT2D eigenvalue weighted by Crippen LogP contribution is 2.22. The number of rotatable bonds is 3. The molecule has 18 heavy (non-hydrogen) atoms. The Balaban J connectivity index is 2.14. The molecule has 5 heteroatoms. The van der Waals surface area contributed by atoms with Crippen LogP contribution >= 0.6 is 15.9 Å². The average Bonchev–Trinajstić information content (AvgIpc) is 2.55. The van der Waals surface area contributed by atoms with Crippen molar-refractivity contribution < 1.29 is 4.39 Å². The van der Waals surface area contributed by atoms with Crippen LogP contribution in [-0.2, 0) is 0 Å². The molecule has 1 fully saturated rings. The molecule has 3 N–H and O–H groups in total. The Bertz CT molecular complexity index is 424. The second kappa shape index (κ2) is 6.29. The van der Waals surface area contributed by atoms with E-state index in [4.69, 9.17) is 5.41 Å². The van der Waals surface area contributed by atoms with Crippen molar-refractivity contribution in [1.29, 1.82) is 5.41 Å². The largest absolute Gasteiger partial charge is 0.379 e. The van der Waals surface area contributed by atoms with Crippen LogP contribution in [0.25, 0.3) is 0 Å². The number of halogens is 2. The first-order valence-electron chi connectivity index (χ1n) is 6.13. The van der Waals surface area contributed by atoms with Gasteiger partial charge in [0.25, 0.3) is 0 Å². The van der Waals surface area contributed by atoms with Gasteiger partial charge in [-0.3, -0.25) is 5.41 Å². The summed E-state index contributed by atoms with van der Waals surface area (Å²) in [5.41, 5.74) is 1.58. The highest BCUT2D eigenvalue weighted by molar-refractivity contribution is 9.18. The van der Waals surface area contributed by atoms with E-state index in [1.54, 1.807) is 0 Å². The Kier molecular flexibility index (Phi) is 4.72. The molecule has 1 aromatic carbocycles. The van der Waals surface area contributed by atoms with Gasteiger partial charge in [0, 0.05) is 11.3 Å². The zero-order chi connectivity index (χ0) is 13.0. The van der Waals surface area contributed by atoms with Crippen molar-refractivity contribution in [3.8, 4) is 0 Å². The predicted octanol–water partition coefficient (Wildman–Crippen LogP) is 2.91. The van der Waals surface area contributed by atoms with E-state index in [0.29, 0.717) is 11.0 Å². The summed E-state index contributed by atoms with van der Waals surface area (Å²) in [5, 5.41) is 14.1. The van der Waals surface area contributed by atoms with E-state index in [2.05, 4.69) is 26.6 Å². The molecule has 0 saturated carbocycles. The maximum absolute atomic E-state index is 14.0. The Hall–Kier alpha value is -0.940. The van der Waals surface area contributed by atoms with E-state index in [1.807, 2.05) is 24.3 Å². The highest BCUT2D eigenvalue weighted by atomic mass is 79.9. The molecule has 0 amide bonds. The van der Waals surface area contributed by atoms with Gasteiger partial charge in [0.15, 0.2) is 0 Å². The van der Waals surface area contributed by atoms with Crippen LogP contribution in [0.1, 0.15) is 18.4 Å². The van der Waals surface area contributed by atoms with Crippen molar-refractivity contribution in [2.24, 2.45) is 0 Å². The number of alkyl halides is 1. The van der Waals surface area contributed by atoms with Gasteiger partial charge in [-0.1, -0.05) is 18.2 Å². The van der Waals surface area contributed by atoms with Gasteiger partial charge in [0.05, 0.1) is 6.04 Å². The monoisotopic (exact) mass is 313 g/mol. The number of hydrogen-bond donors (Lipinski definition) is 3. The third-order valence-corrected chi connectivity index (χ3v) is 3.60. The molecule has 1 heterocycles. The van der Waals surface area contributed by atoms with Crippen LogP contribution < -0.4 is 10.6 Å². The highest BCUT2D eigenvalue weighted by Gasteiger charge is 2.23. The number of para-hydroxylation sites is 1. The van der Waals surface area contributed by atoms with Gasteiger partial charge in [0.1, 0.15) is 10.8 Å². The zero-order valence-electron chi connectivity index (χ0n) is 10.0. The van der Waals surface area contributed by atoms with Crippen molar-refractivity contribution >= 4 is 26.2 Å². The Morgan fingerprint density at radius 3 is 2.83 bits per heavy atom. The molecule has 0 aliphatic carbocycles. The lowest BCUT2D eigenvalue weighted by molar-refractivity contribution is 0.285. The van der Waals surface area contributed by atoms with Crippen LogP contribution in [0.5, 0.6) is 0 Å². The average molecular weight is 314 g/mol. The van der Waals surface area contributed by atoms with Crippen molar-refractivity contribution in [3.05, 3.63) is 29.8 Å². The normalized spacial score (nSPS) is 24.3. The van der Waals surface area contributed by atoms with Crippen LogP contribution in [0.2, 0.25) is 0 Å². The maximum atomic E-state index is 14.0. The Morgan fingerprint density at radius 1 is 1.33 bits per heavy atom. The fourth-order valence-corrected chi connectivity index (χ4v) is 2.51. The molecule has 1 saturated heterocycles. The number of hydrogen-bond acceptors (Lipinski definition) is 3. The molecule has 1 aromatic rings. The predicted molar refractivity (Wildman–Crippen MR) is 76.6 cm³/mol.